The van der Waals surface area contributed by atoms with Crippen LogP contribution in [0, 0.1) is 0 Å². The lowest BCUT2D eigenvalue weighted by molar-refractivity contribution is 0.339. The molecule has 16 heavy (non-hydrogen) atoms. The highest BCUT2D eigenvalue weighted by atomic mass is 16.5. The largest absolute Gasteiger partial charge is 0.507 e. The standard InChI is InChI=1S/C13H13NO2/c1-2-16-11-7-10(8-14-9-11)12-5-3-4-6-13(12)15/h3-9,15H,2H2,1H3. The summed E-state index contributed by atoms with van der Waals surface area (Å²) in [5.74, 6) is 0.959. The van der Waals surface area contributed by atoms with Crippen LogP contribution >= 0.6 is 0 Å². The summed E-state index contributed by atoms with van der Waals surface area (Å²) in [6.07, 6.45) is 3.37. The molecule has 0 aliphatic heterocycles. The van der Waals surface area contributed by atoms with E-state index in [2.05, 4.69) is 4.98 Å². The number of nitrogens with zero attached hydrogens (tertiary/aromatic N) is 1. The van der Waals surface area contributed by atoms with E-state index in [9.17, 15) is 5.11 Å². The van der Waals surface area contributed by atoms with Crippen LogP contribution in [0.2, 0.25) is 0 Å². The summed E-state index contributed by atoms with van der Waals surface area (Å²) in [5, 5.41) is 9.72. The van der Waals surface area contributed by atoms with Gasteiger partial charge in [-0.15, -0.1) is 0 Å². The smallest absolute Gasteiger partial charge is 0.138 e. The Morgan fingerprint density at radius 1 is 1.25 bits per heavy atom. The van der Waals surface area contributed by atoms with Crippen LogP contribution in [-0.4, -0.2) is 16.7 Å². The summed E-state index contributed by atoms with van der Waals surface area (Å²) in [7, 11) is 0. The number of para-hydroxylation sites is 1. The Morgan fingerprint density at radius 3 is 2.81 bits per heavy atom. The number of aromatic nitrogens is 1. The molecule has 0 aliphatic carbocycles. The average Bonchev–Trinajstić information content (AvgIpc) is 2.30. The maximum Gasteiger partial charge on any atom is 0.138 e. The van der Waals surface area contributed by atoms with Crippen molar-refractivity contribution in [3.63, 3.8) is 0 Å². The van der Waals surface area contributed by atoms with E-state index >= 15 is 0 Å². The second-order valence-electron chi connectivity index (χ2n) is 3.36. The summed E-state index contributed by atoms with van der Waals surface area (Å²) >= 11 is 0. The van der Waals surface area contributed by atoms with Crippen molar-refractivity contribution in [3.05, 3.63) is 42.7 Å². The number of hydrogen-bond donors (Lipinski definition) is 1. The molecule has 2 aromatic rings. The second-order valence-corrected chi connectivity index (χ2v) is 3.36. The molecule has 1 N–H and O–H groups in total. The zero-order valence-electron chi connectivity index (χ0n) is 9.05. The maximum atomic E-state index is 9.72. The molecule has 0 fully saturated rings. The fourth-order valence-corrected chi connectivity index (χ4v) is 1.53. The molecule has 3 nitrogen and oxygen atoms in total. The molecule has 0 saturated heterocycles. The van der Waals surface area contributed by atoms with Gasteiger partial charge in [0.1, 0.15) is 11.5 Å². The van der Waals surface area contributed by atoms with Crippen molar-refractivity contribution >= 4 is 0 Å². The first kappa shape index (κ1) is 10.5. The van der Waals surface area contributed by atoms with Crippen molar-refractivity contribution in [2.75, 3.05) is 6.61 Å². The SMILES string of the molecule is CCOc1cncc(-c2ccccc2O)c1. The Bertz CT molecular complexity index is 483. The molecule has 0 bridgehead atoms. The normalized spacial score (nSPS) is 10.1. The van der Waals surface area contributed by atoms with Crippen LogP contribution in [0.25, 0.3) is 11.1 Å². The van der Waals surface area contributed by atoms with E-state index in [1.165, 1.54) is 0 Å². The van der Waals surface area contributed by atoms with Gasteiger partial charge in [-0.25, -0.2) is 0 Å². The minimum Gasteiger partial charge on any atom is -0.507 e. The van der Waals surface area contributed by atoms with Gasteiger partial charge in [0.05, 0.1) is 12.8 Å². The van der Waals surface area contributed by atoms with Gasteiger partial charge < -0.3 is 9.84 Å². The lowest BCUT2D eigenvalue weighted by Gasteiger charge is -2.06. The van der Waals surface area contributed by atoms with Crippen molar-refractivity contribution in [2.45, 2.75) is 6.92 Å². The molecular weight excluding hydrogens is 202 g/mol. The molecule has 0 aliphatic rings. The number of hydrogen-bond acceptors (Lipinski definition) is 3. The van der Waals surface area contributed by atoms with E-state index in [4.69, 9.17) is 4.74 Å². The summed E-state index contributed by atoms with van der Waals surface area (Å²) in [6, 6.07) is 9.04. The summed E-state index contributed by atoms with van der Waals surface area (Å²) in [5.41, 5.74) is 1.61. The molecule has 1 heterocycles. The van der Waals surface area contributed by atoms with E-state index in [0.29, 0.717) is 12.4 Å². The monoisotopic (exact) mass is 215 g/mol. The molecule has 0 atom stereocenters. The molecule has 0 spiro atoms. The third-order valence-electron chi connectivity index (χ3n) is 2.24. The highest BCUT2D eigenvalue weighted by molar-refractivity contribution is 5.70. The first-order valence-corrected chi connectivity index (χ1v) is 5.17. The molecular formula is C13H13NO2. The minimum atomic E-state index is 0.248. The van der Waals surface area contributed by atoms with Gasteiger partial charge in [0.2, 0.25) is 0 Å². The van der Waals surface area contributed by atoms with Crippen molar-refractivity contribution in [2.24, 2.45) is 0 Å². The molecule has 3 heteroatoms. The van der Waals surface area contributed by atoms with E-state index < -0.39 is 0 Å². The highest BCUT2D eigenvalue weighted by Gasteiger charge is 2.04. The van der Waals surface area contributed by atoms with Gasteiger partial charge >= 0.3 is 0 Å². The number of phenols is 1. The van der Waals surface area contributed by atoms with Gasteiger partial charge in [0, 0.05) is 17.3 Å². The predicted octanol–water partition coefficient (Wildman–Crippen LogP) is 2.85. The first-order valence-electron chi connectivity index (χ1n) is 5.17. The Morgan fingerprint density at radius 2 is 2.06 bits per heavy atom. The van der Waals surface area contributed by atoms with Gasteiger partial charge in [-0.1, -0.05) is 18.2 Å². The molecule has 2 rings (SSSR count). The molecule has 82 valence electrons. The number of benzene rings is 1. The van der Waals surface area contributed by atoms with Gasteiger partial charge in [-0.3, -0.25) is 4.98 Å². The minimum absolute atomic E-state index is 0.248. The highest BCUT2D eigenvalue weighted by Crippen LogP contribution is 2.29. The lowest BCUT2D eigenvalue weighted by Crippen LogP contribution is -1.92. The summed E-state index contributed by atoms with van der Waals surface area (Å²) in [6.45, 7) is 2.53. The summed E-state index contributed by atoms with van der Waals surface area (Å²) in [4.78, 5) is 4.08. The maximum absolute atomic E-state index is 9.72. The van der Waals surface area contributed by atoms with Crippen LogP contribution in [-0.2, 0) is 0 Å². The molecule has 0 radical (unpaired) electrons. The number of rotatable bonds is 3. The van der Waals surface area contributed by atoms with Gasteiger partial charge in [-0.05, 0) is 19.1 Å². The van der Waals surface area contributed by atoms with Crippen LogP contribution in [0.5, 0.6) is 11.5 Å². The van der Waals surface area contributed by atoms with E-state index in [0.717, 1.165) is 11.1 Å². The van der Waals surface area contributed by atoms with Gasteiger partial charge in [-0.2, -0.15) is 0 Å². The fraction of sp³-hybridized carbons (Fsp3) is 0.154. The van der Waals surface area contributed by atoms with Crippen molar-refractivity contribution in [1.82, 2.24) is 4.98 Å². The third-order valence-corrected chi connectivity index (χ3v) is 2.24. The number of ether oxygens (including phenoxy) is 1. The van der Waals surface area contributed by atoms with Gasteiger partial charge in [0.15, 0.2) is 0 Å². The van der Waals surface area contributed by atoms with Crippen LogP contribution in [0.4, 0.5) is 0 Å². The first-order chi connectivity index (χ1) is 7.81. The topological polar surface area (TPSA) is 42.4 Å². The average molecular weight is 215 g/mol. The Kier molecular flexibility index (Phi) is 3.05. The van der Waals surface area contributed by atoms with Gasteiger partial charge in [0.25, 0.3) is 0 Å². The number of phenolic OH excluding ortho intramolecular Hbond substituents is 1. The van der Waals surface area contributed by atoms with Crippen molar-refractivity contribution in [3.8, 4) is 22.6 Å². The van der Waals surface area contributed by atoms with E-state index in [-0.39, 0.29) is 5.75 Å². The Labute approximate surface area is 94.3 Å². The zero-order valence-corrected chi connectivity index (χ0v) is 9.05. The Hall–Kier alpha value is -2.03. The van der Waals surface area contributed by atoms with Crippen LogP contribution in [0.3, 0.4) is 0 Å². The van der Waals surface area contributed by atoms with Crippen molar-refractivity contribution < 1.29 is 9.84 Å². The van der Waals surface area contributed by atoms with Crippen LogP contribution in [0.1, 0.15) is 6.92 Å². The van der Waals surface area contributed by atoms with E-state index in [1.807, 2.05) is 25.1 Å². The lowest BCUT2D eigenvalue weighted by atomic mass is 10.1. The molecule has 1 aromatic heterocycles. The molecule has 1 aromatic carbocycles. The fourth-order valence-electron chi connectivity index (χ4n) is 1.53. The van der Waals surface area contributed by atoms with Crippen LogP contribution in [0.15, 0.2) is 42.7 Å². The van der Waals surface area contributed by atoms with E-state index in [1.54, 1.807) is 24.5 Å². The molecule has 0 amide bonds. The molecule has 0 unspecified atom stereocenters. The number of aromatic hydroxyl groups is 1. The Balaban J connectivity index is 2.40. The summed E-state index contributed by atoms with van der Waals surface area (Å²) < 4.78 is 5.36. The quantitative estimate of drug-likeness (QED) is 0.856. The second kappa shape index (κ2) is 4.66. The van der Waals surface area contributed by atoms with Crippen molar-refractivity contribution in [1.29, 1.82) is 0 Å². The zero-order chi connectivity index (χ0) is 11.4. The van der Waals surface area contributed by atoms with Crippen LogP contribution < -0.4 is 4.74 Å². The predicted molar refractivity (Wildman–Crippen MR) is 62.5 cm³/mol. The third kappa shape index (κ3) is 2.14. The molecule has 0 saturated carbocycles. The number of pyridine rings is 1.